The standard InChI is InChI=1S/C9H19N2/c1-4-11(5-2,6-3)9-7-8-10/h4-7,9H2,1-3H3/q+1. The summed E-state index contributed by atoms with van der Waals surface area (Å²) in [5.41, 5.74) is 0. The maximum Gasteiger partial charge on any atom is 0.0918 e. The van der Waals surface area contributed by atoms with Crippen molar-refractivity contribution >= 4 is 0 Å². The first-order chi connectivity index (χ1) is 5.24. The van der Waals surface area contributed by atoms with Crippen molar-refractivity contribution in [3.8, 4) is 6.07 Å². The molecular weight excluding hydrogens is 136 g/mol. The van der Waals surface area contributed by atoms with Gasteiger partial charge >= 0.3 is 0 Å². The minimum Gasteiger partial charge on any atom is -0.323 e. The smallest absolute Gasteiger partial charge is 0.0918 e. The maximum absolute atomic E-state index is 8.46. The van der Waals surface area contributed by atoms with Gasteiger partial charge in [-0.15, -0.1) is 0 Å². The van der Waals surface area contributed by atoms with Crippen molar-refractivity contribution < 1.29 is 4.48 Å². The number of nitriles is 1. The molecule has 0 bridgehead atoms. The van der Waals surface area contributed by atoms with Crippen LogP contribution in [-0.2, 0) is 0 Å². The number of nitrogens with zero attached hydrogens (tertiary/aromatic N) is 2. The molecule has 0 fully saturated rings. The van der Waals surface area contributed by atoms with Crippen LogP contribution in [0.2, 0.25) is 0 Å². The lowest BCUT2D eigenvalue weighted by Gasteiger charge is -2.34. The number of hydrogen-bond donors (Lipinski definition) is 0. The Morgan fingerprint density at radius 2 is 1.55 bits per heavy atom. The quantitative estimate of drug-likeness (QED) is 0.555. The van der Waals surface area contributed by atoms with Crippen LogP contribution in [-0.4, -0.2) is 30.7 Å². The van der Waals surface area contributed by atoms with Crippen molar-refractivity contribution in [3.05, 3.63) is 0 Å². The lowest BCUT2D eigenvalue weighted by Crippen LogP contribution is -2.47. The molecule has 0 aliphatic carbocycles. The summed E-state index contributed by atoms with van der Waals surface area (Å²) in [6.07, 6.45) is 0.690. The van der Waals surface area contributed by atoms with Gasteiger partial charge in [0.15, 0.2) is 0 Å². The SMILES string of the molecule is CC[N+](CC)(CC)CCC#N. The summed E-state index contributed by atoms with van der Waals surface area (Å²) in [6, 6.07) is 2.21. The summed E-state index contributed by atoms with van der Waals surface area (Å²) in [7, 11) is 0. The Balaban J connectivity index is 3.96. The van der Waals surface area contributed by atoms with Gasteiger partial charge in [-0.05, 0) is 20.8 Å². The molecule has 0 N–H and O–H groups in total. The second-order valence-corrected chi connectivity index (χ2v) is 2.92. The molecule has 0 rings (SSSR count). The van der Waals surface area contributed by atoms with Gasteiger partial charge in [0.25, 0.3) is 0 Å². The third-order valence-electron chi connectivity index (χ3n) is 2.71. The highest BCUT2D eigenvalue weighted by Crippen LogP contribution is 2.06. The molecule has 0 aromatic heterocycles. The highest BCUT2D eigenvalue weighted by Gasteiger charge is 2.19. The van der Waals surface area contributed by atoms with Gasteiger partial charge in [-0.2, -0.15) is 5.26 Å². The van der Waals surface area contributed by atoms with Crippen LogP contribution in [0.4, 0.5) is 0 Å². The minimum absolute atomic E-state index is 0.690. The largest absolute Gasteiger partial charge is 0.323 e. The predicted molar refractivity (Wildman–Crippen MR) is 47.0 cm³/mol. The molecule has 2 nitrogen and oxygen atoms in total. The number of rotatable bonds is 5. The second-order valence-electron chi connectivity index (χ2n) is 2.92. The summed E-state index contributed by atoms with van der Waals surface area (Å²) in [5, 5.41) is 8.46. The average Bonchev–Trinajstić information content (AvgIpc) is 2.08. The zero-order chi connectivity index (χ0) is 8.74. The molecule has 64 valence electrons. The molecule has 0 saturated heterocycles. The third kappa shape index (κ3) is 2.90. The molecule has 0 heterocycles. The Labute approximate surface area is 70.0 Å². The fraction of sp³-hybridized carbons (Fsp3) is 0.889. The molecule has 0 radical (unpaired) electrons. The molecular formula is C9H19N2+. The Morgan fingerprint density at radius 1 is 1.09 bits per heavy atom. The van der Waals surface area contributed by atoms with Crippen molar-refractivity contribution in [2.45, 2.75) is 27.2 Å². The van der Waals surface area contributed by atoms with Gasteiger partial charge in [-0.1, -0.05) is 0 Å². The van der Waals surface area contributed by atoms with Crippen LogP contribution in [0.5, 0.6) is 0 Å². The lowest BCUT2D eigenvalue weighted by atomic mass is 10.3. The maximum atomic E-state index is 8.46. The topological polar surface area (TPSA) is 23.8 Å². The third-order valence-corrected chi connectivity index (χ3v) is 2.71. The molecule has 0 aromatic carbocycles. The van der Waals surface area contributed by atoms with Gasteiger partial charge in [0.1, 0.15) is 0 Å². The fourth-order valence-electron chi connectivity index (χ4n) is 1.43. The van der Waals surface area contributed by atoms with E-state index in [4.69, 9.17) is 5.26 Å². The van der Waals surface area contributed by atoms with Gasteiger partial charge < -0.3 is 4.48 Å². The van der Waals surface area contributed by atoms with E-state index in [1.807, 2.05) is 0 Å². The van der Waals surface area contributed by atoms with Crippen LogP contribution in [0.1, 0.15) is 27.2 Å². The predicted octanol–water partition coefficient (Wildman–Crippen LogP) is 1.78. The summed E-state index contributed by atoms with van der Waals surface area (Å²) in [4.78, 5) is 0. The van der Waals surface area contributed by atoms with Crippen molar-refractivity contribution in [2.75, 3.05) is 26.2 Å². The van der Waals surface area contributed by atoms with Crippen molar-refractivity contribution in [3.63, 3.8) is 0 Å². The molecule has 2 heteroatoms. The van der Waals surface area contributed by atoms with Crippen LogP contribution in [0, 0.1) is 11.3 Å². The van der Waals surface area contributed by atoms with E-state index in [0.717, 1.165) is 30.7 Å². The van der Waals surface area contributed by atoms with E-state index >= 15 is 0 Å². The summed E-state index contributed by atoms with van der Waals surface area (Å²) in [6.45, 7) is 11.1. The zero-order valence-electron chi connectivity index (χ0n) is 7.93. The van der Waals surface area contributed by atoms with Crippen molar-refractivity contribution in [2.24, 2.45) is 0 Å². The van der Waals surface area contributed by atoms with E-state index in [1.165, 1.54) is 0 Å². The van der Waals surface area contributed by atoms with Crippen LogP contribution in [0.3, 0.4) is 0 Å². The Kier molecular flexibility index (Phi) is 4.89. The first-order valence-electron chi connectivity index (χ1n) is 4.46. The van der Waals surface area contributed by atoms with Gasteiger partial charge in [0, 0.05) is 0 Å². The van der Waals surface area contributed by atoms with Crippen molar-refractivity contribution in [1.29, 1.82) is 5.26 Å². The summed E-state index contributed by atoms with van der Waals surface area (Å²) < 4.78 is 1.09. The van der Waals surface area contributed by atoms with Crippen LogP contribution in [0.25, 0.3) is 0 Å². The highest BCUT2D eigenvalue weighted by molar-refractivity contribution is 4.67. The first kappa shape index (κ1) is 10.4. The minimum atomic E-state index is 0.690. The first-order valence-corrected chi connectivity index (χ1v) is 4.46. The molecule has 0 aliphatic heterocycles. The van der Waals surface area contributed by atoms with Crippen LogP contribution < -0.4 is 0 Å². The Hall–Kier alpha value is -0.550. The van der Waals surface area contributed by atoms with Gasteiger partial charge in [-0.25, -0.2) is 0 Å². The van der Waals surface area contributed by atoms with Gasteiger partial charge in [0.05, 0.1) is 38.7 Å². The molecule has 0 saturated carbocycles. The Bertz CT molecular complexity index is 123. The van der Waals surface area contributed by atoms with E-state index in [9.17, 15) is 0 Å². The van der Waals surface area contributed by atoms with E-state index in [0.29, 0.717) is 6.42 Å². The van der Waals surface area contributed by atoms with E-state index in [2.05, 4.69) is 26.8 Å². The molecule has 0 aromatic rings. The number of hydrogen-bond acceptors (Lipinski definition) is 1. The van der Waals surface area contributed by atoms with Crippen molar-refractivity contribution in [1.82, 2.24) is 0 Å². The molecule has 0 unspecified atom stereocenters. The molecule has 0 amide bonds. The number of quaternary nitrogens is 1. The normalized spacial score (nSPS) is 11.1. The molecule has 0 spiro atoms. The van der Waals surface area contributed by atoms with E-state index < -0.39 is 0 Å². The lowest BCUT2D eigenvalue weighted by molar-refractivity contribution is -0.922. The molecule has 0 aliphatic rings. The van der Waals surface area contributed by atoms with E-state index in [-0.39, 0.29) is 0 Å². The van der Waals surface area contributed by atoms with Crippen LogP contribution >= 0.6 is 0 Å². The Morgan fingerprint density at radius 3 is 1.82 bits per heavy atom. The fourth-order valence-corrected chi connectivity index (χ4v) is 1.43. The van der Waals surface area contributed by atoms with E-state index in [1.54, 1.807) is 0 Å². The molecule has 0 atom stereocenters. The van der Waals surface area contributed by atoms with Gasteiger partial charge in [0.2, 0.25) is 0 Å². The zero-order valence-corrected chi connectivity index (χ0v) is 7.93. The molecule has 11 heavy (non-hydrogen) atoms. The second kappa shape index (κ2) is 5.15. The average molecular weight is 155 g/mol. The van der Waals surface area contributed by atoms with Gasteiger partial charge in [-0.3, -0.25) is 0 Å². The summed E-state index contributed by atoms with van der Waals surface area (Å²) >= 11 is 0. The summed E-state index contributed by atoms with van der Waals surface area (Å²) in [5.74, 6) is 0. The monoisotopic (exact) mass is 155 g/mol. The highest BCUT2D eigenvalue weighted by atomic mass is 15.3. The van der Waals surface area contributed by atoms with Crippen LogP contribution in [0.15, 0.2) is 0 Å².